The maximum absolute atomic E-state index is 13.5. The second kappa shape index (κ2) is 8.25. The molecule has 4 nitrogen and oxygen atoms in total. The summed E-state index contributed by atoms with van der Waals surface area (Å²) in [6, 6.07) is 4.51. The number of nitrogens with two attached hydrogens (primary N) is 1. The number of amides is 1. The lowest BCUT2D eigenvalue weighted by Gasteiger charge is -2.06. The van der Waals surface area contributed by atoms with Gasteiger partial charge in [0.25, 0.3) is 0 Å². The van der Waals surface area contributed by atoms with Gasteiger partial charge in [-0.3, -0.25) is 4.79 Å². The van der Waals surface area contributed by atoms with E-state index in [-0.39, 0.29) is 31.2 Å². The minimum Gasteiger partial charge on any atom is -0.384 e. The molecule has 1 rings (SSSR count). The molecule has 0 atom stereocenters. The number of rotatable bonds is 5. The van der Waals surface area contributed by atoms with Gasteiger partial charge in [0.1, 0.15) is 5.82 Å². The zero-order chi connectivity index (χ0) is 14.1. The van der Waals surface area contributed by atoms with Crippen molar-refractivity contribution < 1.29 is 13.9 Å². The molecule has 19 heavy (non-hydrogen) atoms. The van der Waals surface area contributed by atoms with Crippen LogP contribution >= 0.6 is 0 Å². The summed E-state index contributed by atoms with van der Waals surface area (Å²) >= 11 is 0. The normalized spacial score (nSPS) is 9.63. The summed E-state index contributed by atoms with van der Waals surface area (Å²) in [5.74, 6) is 4.96. The Balaban J connectivity index is 2.64. The van der Waals surface area contributed by atoms with E-state index in [9.17, 15) is 9.18 Å². The molecular weight excluding hydrogens is 247 g/mol. The molecule has 0 aliphatic rings. The topological polar surface area (TPSA) is 64.3 Å². The fraction of sp³-hybridized carbons (Fsp3) is 0.357. The Morgan fingerprint density at radius 2 is 2.32 bits per heavy atom. The van der Waals surface area contributed by atoms with E-state index in [4.69, 9.17) is 10.5 Å². The molecule has 1 aromatic rings. The van der Waals surface area contributed by atoms with Crippen molar-refractivity contribution in [3.63, 3.8) is 0 Å². The fourth-order valence-corrected chi connectivity index (χ4v) is 1.42. The Bertz CT molecular complexity index is 492. The first-order chi connectivity index (χ1) is 9.17. The maximum atomic E-state index is 13.5. The van der Waals surface area contributed by atoms with Gasteiger partial charge in [-0.25, -0.2) is 4.39 Å². The number of ether oxygens (including phenoxy) is 1. The van der Waals surface area contributed by atoms with Crippen LogP contribution < -0.4 is 11.1 Å². The van der Waals surface area contributed by atoms with Crippen LogP contribution in [0.3, 0.4) is 0 Å². The Morgan fingerprint density at radius 1 is 1.53 bits per heavy atom. The first-order valence-electron chi connectivity index (χ1n) is 5.90. The number of benzene rings is 1. The number of methoxy groups -OCH3 is 1. The Kier molecular flexibility index (Phi) is 6.58. The third-order valence-corrected chi connectivity index (χ3v) is 2.39. The number of carbonyl (C=O) groups excluding carboxylic acids is 1. The Hall–Kier alpha value is -1.90. The molecule has 5 heteroatoms. The molecule has 1 amide bonds. The standard InChI is InChI=1S/C14H17FN2O2/c1-19-8-6-14(18)17-10-12-9-11(3-2-7-16)4-5-13(12)15/h4-5,9H,6-8,10,16H2,1H3,(H,17,18). The van der Waals surface area contributed by atoms with Gasteiger partial charge in [0.15, 0.2) is 0 Å². The molecule has 0 aliphatic heterocycles. The van der Waals surface area contributed by atoms with Crippen molar-refractivity contribution in [1.82, 2.24) is 5.32 Å². The predicted octanol–water partition coefficient (Wildman–Crippen LogP) is 0.789. The van der Waals surface area contributed by atoms with Crippen LogP contribution in [0.25, 0.3) is 0 Å². The van der Waals surface area contributed by atoms with Gasteiger partial charge in [-0.15, -0.1) is 0 Å². The summed E-state index contributed by atoms with van der Waals surface area (Å²) in [6.07, 6.45) is 0.255. The van der Waals surface area contributed by atoms with E-state index in [2.05, 4.69) is 17.2 Å². The first kappa shape index (κ1) is 15.2. The smallest absolute Gasteiger partial charge is 0.222 e. The molecule has 3 N–H and O–H groups in total. The second-order valence-electron chi connectivity index (χ2n) is 3.83. The van der Waals surface area contributed by atoms with Crippen molar-refractivity contribution in [2.75, 3.05) is 20.3 Å². The number of carbonyl (C=O) groups is 1. The van der Waals surface area contributed by atoms with Gasteiger partial charge in [-0.2, -0.15) is 0 Å². The van der Waals surface area contributed by atoms with E-state index in [1.807, 2.05) is 0 Å². The highest BCUT2D eigenvalue weighted by atomic mass is 19.1. The summed E-state index contributed by atoms with van der Waals surface area (Å²) in [6.45, 7) is 0.726. The van der Waals surface area contributed by atoms with Crippen molar-refractivity contribution in [3.8, 4) is 11.8 Å². The number of halogens is 1. The molecule has 1 aromatic carbocycles. The molecule has 0 spiro atoms. The van der Waals surface area contributed by atoms with Crippen molar-refractivity contribution in [2.24, 2.45) is 5.73 Å². The summed E-state index contributed by atoms with van der Waals surface area (Å²) in [5, 5.41) is 2.63. The minimum absolute atomic E-state index is 0.131. The number of hydrogen-bond donors (Lipinski definition) is 2. The zero-order valence-electron chi connectivity index (χ0n) is 10.8. The molecule has 0 saturated carbocycles. The molecule has 102 valence electrons. The van der Waals surface area contributed by atoms with Gasteiger partial charge in [-0.1, -0.05) is 11.8 Å². The van der Waals surface area contributed by atoms with Crippen molar-refractivity contribution >= 4 is 5.91 Å². The van der Waals surface area contributed by atoms with Crippen LogP contribution in [-0.2, 0) is 16.1 Å². The maximum Gasteiger partial charge on any atom is 0.222 e. The fourth-order valence-electron chi connectivity index (χ4n) is 1.42. The molecule has 0 fully saturated rings. The van der Waals surface area contributed by atoms with Crippen molar-refractivity contribution in [3.05, 3.63) is 35.1 Å². The van der Waals surface area contributed by atoms with Gasteiger partial charge in [0, 0.05) is 31.2 Å². The average Bonchev–Trinajstić information content (AvgIpc) is 2.42. The molecular formula is C14H17FN2O2. The van der Waals surface area contributed by atoms with Gasteiger partial charge in [-0.05, 0) is 18.2 Å². The average molecular weight is 264 g/mol. The Labute approximate surface area is 112 Å². The van der Waals surface area contributed by atoms with Gasteiger partial charge in [0.05, 0.1) is 13.2 Å². The molecule has 0 unspecified atom stereocenters. The molecule has 0 bridgehead atoms. The lowest BCUT2D eigenvalue weighted by Crippen LogP contribution is -2.24. The van der Waals surface area contributed by atoms with Gasteiger partial charge >= 0.3 is 0 Å². The molecule has 0 aliphatic carbocycles. The summed E-state index contributed by atoms with van der Waals surface area (Å²) in [5.41, 5.74) is 6.34. The van der Waals surface area contributed by atoms with Crippen LogP contribution in [0.1, 0.15) is 17.5 Å². The van der Waals surface area contributed by atoms with E-state index in [0.717, 1.165) is 0 Å². The lowest BCUT2D eigenvalue weighted by molar-refractivity contribution is -0.122. The van der Waals surface area contributed by atoms with E-state index in [0.29, 0.717) is 17.7 Å². The summed E-state index contributed by atoms with van der Waals surface area (Å²) < 4.78 is 18.3. The van der Waals surface area contributed by atoms with E-state index >= 15 is 0 Å². The van der Waals surface area contributed by atoms with Crippen LogP contribution in [0.5, 0.6) is 0 Å². The van der Waals surface area contributed by atoms with E-state index < -0.39 is 0 Å². The van der Waals surface area contributed by atoms with Crippen LogP contribution in [-0.4, -0.2) is 26.2 Å². The highest BCUT2D eigenvalue weighted by Gasteiger charge is 2.05. The number of nitrogens with one attached hydrogen (secondary N) is 1. The second-order valence-corrected chi connectivity index (χ2v) is 3.83. The summed E-state index contributed by atoms with van der Waals surface area (Å²) in [4.78, 5) is 11.4. The molecule has 0 aromatic heterocycles. The van der Waals surface area contributed by atoms with Crippen molar-refractivity contribution in [2.45, 2.75) is 13.0 Å². The highest BCUT2D eigenvalue weighted by Crippen LogP contribution is 2.09. The van der Waals surface area contributed by atoms with Crippen LogP contribution in [0.4, 0.5) is 4.39 Å². The lowest BCUT2D eigenvalue weighted by atomic mass is 10.1. The van der Waals surface area contributed by atoms with E-state index in [1.165, 1.54) is 13.2 Å². The minimum atomic E-state index is -0.370. The third kappa shape index (κ3) is 5.51. The van der Waals surface area contributed by atoms with Crippen molar-refractivity contribution in [1.29, 1.82) is 0 Å². The first-order valence-corrected chi connectivity index (χ1v) is 5.90. The molecule has 0 radical (unpaired) electrons. The Morgan fingerprint density at radius 3 is 3.00 bits per heavy atom. The van der Waals surface area contributed by atoms with Gasteiger partial charge in [0.2, 0.25) is 5.91 Å². The summed E-state index contributed by atoms with van der Waals surface area (Å²) in [7, 11) is 1.52. The molecule has 0 heterocycles. The van der Waals surface area contributed by atoms with Gasteiger partial charge < -0.3 is 15.8 Å². The van der Waals surface area contributed by atoms with Crippen LogP contribution in [0.2, 0.25) is 0 Å². The van der Waals surface area contributed by atoms with Crippen LogP contribution in [0, 0.1) is 17.7 Å². The number of hydrogen-bond acceptors (Lipinski definition) is 3. The third-order valence-electron chi connectivity index (χ3n) is 2.39. The monoisotopic (exact) mass is 264 g/mol. The SMILES string of the molecule is COCCC(=O)NCc1cc(C#CCN)ccc1F. The molecule has 0 saturated heterocycles. The quantitative estimate of drug-likeness (QED) is 0.773. The largest absolute Gasteiger partial charge is 0.384 e. The van der Waals surface area contributed by atoms with Crippen LogP contribution in [0.15, 0.2) is 18.2 Å². The van der Waals surface area contributed by atoms with E-state index in [1.54, 1.807) is 12.1 Å². The predicted molar refractivity (Wildman–Crippen MR) is 70.7 cm³/mol. The zero-order valence-corrected chi connectivity index (χ0v) is 10.8. The highest BCUT2D eigenvalue weighted by molar-refractivity contribution is 5.75.